The number of amides is 1. The fourth-order valence-corrected chi connectivity index (χ4v) is 5.24. The number of allylic oxidation sites excluding steroid dienone is 1. The van der Waals surface area contributed by atoms with E-state index in [1.165, 1.54) is 11.1 Å². The predicted octanol–water partition coefficient (Wildman–Crippen LogP) is 6.16. The predicted molar refractivity (Wildman–Crippen MR) is 138 cm³/mol. The molecule has 180 valence electrons. The lowest BCUT2D eigenvalue weighted by Gasteiger charge is -2.38. The van der Waals surface area contributed by atoms with Crippen LogP contribution in [-0.4, -0.2) is 27.6 Å². The summed E-state index contributed by atoms with van der Waals surface area (Å²) in [6.45, 7) is 2.32. The second-order valence-corrected chi connectivity index (χ2v) is 9.96. The standard InChI is InChI=1S/C28H29ClN4O2/c1-28(33-27(34)35-18-19-8-3-2-4-9-19)15-7-11-21(16-28)31-26-30-17-24(29)25(32-26)23-14-13-20-10-5-6-12-22(20)23/h2-6,8-10,12,14,17,21H,7,11,13,15-16,18H2,1H3,(H,33,34)(H,30,31,32)/t21-,28+/m1/s1. The highest BCUT2D eigenvalue weighted by atomic mass is 35.5. The van der Waals surface area contributed by atoms with Gasteiger partial charge in [0.05, 0.1) is 16.9 Å². The molecule has 1 amide bonds. The van der Waals surface area contributed by atoms with Crippen molar-refractivity contribution in [3.8, 4) is 0 Å². The molecule has 0 saturated heterocycles. The summed E-state index contributed by atoms with van der Waals surface area (Å²) in [6, 6.07) is 18.1. The number of nitrogens with one attached hydrogen (secondary N) is 2. The molecule has 3 aromatic rings. The minimum atomic E-state index is -0.395. The van der Waals surface area contributed by atoms with E-state index in [-0.39, 0.29) is 18.2 Å². The highest BCUT2D eigenvalue weighted by molar-refractivity contribution is 6.32. The van der Waals surface area contributed by atoms with Gasteiger partial charge in [0.1, 0.15) is 6.61 Å². The van der Waals surface area contributed by atoms with E-state index in [4.69, 9.17) is 21.3 Å². The molecule has 0 unspecified atom stereocenters. The quantitative estimate of drug-likeness (QED) is 0.434. The first-order valence-corrected chi connectivity index (χ1v) is 12.4. The van der Waals surface area contributed by atoms with E-state index < -0.39 is 6.09 Å². The zero-order valence-corrected chi connectivity index (χ0v) is 20.5. The van der Waals surface area contributed by atoms with E-state index in [0.29, 0.717) is 11.0 Å². The first kappa shape index (κ1) is 23.4. The number of nitrogens with zero attached hydrogens (tertiary/aromatic N) is 2. The average molecular weight is 489 g/mol. The second-order valence-electron chi connectivity index (χ2n) is 9.55. The van der Waals surface area contributed by atoms with Gasteiger partial charge in [-0.15, -0.1) is 0 Å². The molecule has 7 heteroatoms. The van der Waals surface area contributed by atoms with Crippen molar-refractivity contribution in [2.75, 3.05) is 5.32 Å². The number of alkyl carbamates (subject to hydrolysis) is 1. The lowest BCUT2D eigenvalue weighted by molar-refractivity contribution is 0.120. The zero-order valence-electron chi connectivity index (χ0n) is 19.8. The van der Waals surface area contributed by atoms with Crippen molar-refractivity contribution >= 4 is 29.2 Å². The molecule has 0 bridgehead atoms. The number of benzene rings is 2. The summed E-state index contributed by atoms with van der Waals surface area (Å²) < 4.78 is 5.45. The number of rotatable bonds is 6. The maximum absolute atomic E-state index is 12.5. The number of carbonyl (C=O) groups is 1. The van der Waals surface area contributed by atoms with Gasteiger partial charge in [-0.2, -0.15) is 0 Å². The molecular formula is C28H29ClN4O2. The van der Waals surface area contributed by atoms with Crippen LogP contribution in [0.2, 0.25) is 5.02 Å². The largest absolute Gasteiger partial charge is 0.445 e. The van der Waals surface area contributed by atoms with Crippen LogP contribution >= 0.6 is 11.6 Å². The minimum Gasteiger partial charge on any atom is -0.445 e. The molecule has 35 heavy (non-hydrogen) atoms. The Bertz CT molecular complexity index is 1250. The van der Waals surface area contributed by atoms with Gasteiger partial charge in [0.2, 0.25) is 5.95 Å². The van der Waals surface area contributed by atoms with Gasteiger partial charge in [-0.25, -0.2) is 14.8 Å². The third kappa shape index (κ3) is 5.49. The molecule has 0 aliphatic heterocycles. The molecule has 2 N–H and O–H groups in total. The van der Waals surface area contributed by atoms with Crippen LogP contribution in [0.15, 0.2) is 66.9 Å². The lowest BCUT2D eigenvalue weighted by atomic mass is 9.80. The summed E-state index contributed by atoms with van der Waals surface area (Å²) in [6.07, 6.45) is 7.91. The molecule has 1 heterocycles. The molecule has 2 atom stereocenters. The molecule has 6 nitrogen and oxygen atoms in total. The molecule has 1 saturated carbocycles. The van der Waals surface area contributed by atoms with Crippen LogP contribution in [0, 0.1) is 0 Å². The van der Waals surface area contributed by atoms with E-state index >= 15 is 0 Å². The fraction of sp³-hybridized carbons (Fsp3) is 0.321. The first-order chi connectivity index (χ1) is 17.0. The Balaban J connectivity index is 1.23. The monoisotopic (exact) mass is 488 g/mol. The van der Waals surface area contributed by atoms with Gasteiger partial charge in [0.25, 0.3) is 0 Å². The van der Waals surface area contributed by atoms with Crippen LogP contribution in [0.5, 0.6) is 0 Å². The number of aromatic nitrogens is 2. The first-order valence-electron chi connectivity index (χ1n) is 12.1. The Kier molecular flexibility index (Phi) is 6.73. The van der Waals surface area contributed by atoms with Gasteiger partial charge < -0.3 is 15.4 Å². The molecule has 0 radical (unpaired) electrons. The summed E-state index contributed by atoms with van der Waals surface area (Å²) in [5, 5.41) is 7.10. The SMILES string of the molecule is C[C@]1(NC(=O)OCc2ccccc2)CCC[C@@H](Nc2ncc(Cl)c(C3=CCc4ccccc43)n2)C1. The van der Waals surface area contributed by atoms with E-state index in [2.05, 4.69) is 46.8 Å². The van der Waals surface area contributed by atoms with Gasteiger partial charge in [0, 0.05) is 17.2 Å². The Morgan fingerprint density at radius 2 is 1.97 bits per heavy atom. The van der Waals surface area contributed by atoms with Crippen molar-refractivity contribution in [2.45, 2.75) is 57.2 Å². The number of hydrogen-bond acceptors (Lipinski definition) is 5. The number of carbonyl (C=O) groups excluding carboxylic acids is 1. The third-order valence-corrected chi connectivity index (χ3v) is 7.04. The van der Waals surface area contributed by atoms with Crippen molar-refractivity contribution in [1.29, 1.82) is 0 Å². The minimum absolute atomic E-state index is 0.127. The van der Waals surface area contributed by atoms with Crippen LogP contribution in [0.1, 0.15) is 55.0 Å². The number of fused-ring (bicyclic) bond motifs is 1. The molecule has 1 fully saturated rings. The zero-order chi connectivity index (χ0) is 24.3. The van der Waals surface area contributed by atoms with Crippen LogP contribution in [-0.2, 0) is 17.8 Å². The Morgan fingerprint density at radius 3 is 2.83 bits per heavy atom. The Hall–Kier alpha value is -3.38. The molecule has 5 rings (SSSR count). The van der Waals surface area contributed by atoms with Gasteiger partial charge in [-0.3, -0.25) is 0 Å². The van der Waals surface area contributed by atoms with E-state index in [1.807, 2.05) is 36.4 Å². The lowest BCUT2D eigenvalue weighted by Crippen LogP contribution is -2.51. The molecule has 1 aromatic heterocycles. The number of halogens is 1. The van der Waals surface area contributed by atoms with E-state index in [9.17, 15) is 4.79 Å². The number of anilines is 1. The average Bonchev–Trinajstić information content (AvgIpc) is 3.28. The summed E-state index contributed by atoms with van der Waals surface area (Å²) in [5.41, 5.74) is 4.84. The van der Waals surface area contributed by atoms with Crippen LogP contribution in [0.4, 0.5) is 10.7 Å². The smallest absolute Gasteiger partial charge is 0.407 e. The van der Waals surface area contributed by atoms with Crippen molar-refractivity contribution in [3.05, 3.63) is 94.3 Å². The highest BCUT2D eigenvalue weighted by Crippen LogP contribution is 2.35. The maximum Gasteiger partial charge on any atom is 0.407 e. The van der Waals surface area contributed by atoms with Crippen LogP contribution in [0.3, 0.4) is 0 Å². The van der Waals surface area contributed by atoms with Gasteiger partial charge in [-0.05, 0) is 55.7 Å². The van der Waals surface area contributed by atoms with Gasteiger partial charge in [0.15, 0.2) is 0 Å². The van der Waals surface area contributed by atoms with Crippen molar-refractivity contribution in [2.24, 2.45) is 0 Å². The number of ether oxygens (including phenoxy) is 1. The highest BCUT2D eigenvalue weighted by Gasteiger charge is 2.34. The molecule has 2 aromatic carbocycles. The normalized spacial score (nSPS) is 21.1. The molecule has 0 spiro atoms. The molecule has 2 aliphatic carbocycles. The fourth-order valence-electron chi connectivity index (χ4n) is 5.04. The maximum atomic E-state index is 12.5. The van der Waals surface area contributed by atoms with Crippen molar-refractivity contribution in [3.63, 3.8) is 0 Å². The van der Waals surface area contributed by atoms with Crippen LogP contribution in [0.25, 0.3) is 5.57 Å². The third-order valence-electron chi connectivity index (χ3n) is 6.76. The summed E-state index contributed by atoms with van der Waals surface area (Å²) in [7, 11) is 0. The van der Waals surface area contributed by atoms with E-state index in [1.54, 1.807) is 6.20 Å². The summed E-state index contributed by atoms with van der Waals surface area (Å²) in [5.74, 6) is 0.551. The molecule has 2 aliphatic rings. The topological polar surface area (TPSA) is 76.1 Å². The van der Waals surface area contributed by atoms with Crippen molar-refractivity contribution in [1.82, 2.24) is 15.3 Å². The van der Waals surface area contributed by atoms with Gasteiger partial charge in [-0.1, -0.05) is 72.3 Å². The molecular weight excluding hydrogens is 460 g/mol. The summed E-state index contributed by atoms with van der Waals surface area (Å²) in [4.78, 5) is 21.7. The Morgan fingerprint density at radius 1 is 1.17 bits per heavy atom. The Labute approximate surface area is 210 Å². The van der Waals surface area contributed by atoms with E-state index in [0.717, 1.165) is 48.9 Å². The van der Waals surface area contributed by atoms with Gasteiger partial charge >= 0.3 is 6.09 Å². The second kappa shape index (κ2) is 10.1. The summed E-state index contributed by atoms with van der Waals surface area (Å²) >= 11 is 6.51. The van der Waals surface area contributed by atoms with Crippen molar-refractivity contribution < 1.29 is 9.53 Å². The number of hydrogen-bond donors (Lipinski definition) is 2. The van der Waals surface area contributed by atoms with Crippen LogP contribution < -0.4 is 10.6 Å².